The standard InChI is InChI=1S/C19H20N4O5S3/c1-14-8-10-16(11-9-14)31(27,28)22-18(24)12-29-19-21-20-17(23(19)2)13-30(25,26)15-6-4-3-5-7-15/h3-11H,12-13H2,1-2H3,(H,22,24). The number of nitrogens with zero attached hydrogens (tertiary/aromatic N) is 3. The number of hydrogen-bond acceptors (Lipinski definition) is 8. The van der Waals surface area contributed by atoms with Gasteiger partial charge in [-0.25, -0.2) is 21.6 Å². The highest BCUT2D eigenvalue weighted by molar-refractivity contribution is 8.00. The molecule has 1 amide bonds. The zero-order chi connectivity index (χ0) is 22.6. The zero-order valence-electron chi connectivity index (χ0n) is 16.7. The smallest absolute Gasteiger partial charge is 0.264 e. The third-order valence-electron chi connectivity index (χ3n) is 4.26. The molecule has 0 fully saturated rings. The summed E-state index contributed by atoms with van der Waals surface area (Å²) in [6.07, 6.45) is 0. The lowest BCUT2D eigenvalue weighted by atomic mass is 10.2. The van der Waals surface area contributed by atoms with E-state index in [9.17, 15) is 21.6 Å². The number of amides is 1. The first-order chi connectivity index (χ1) is 14.6. The van der Waals surface area contributed by atoms with E-state index in [1.807, 2.05) is 11.6 Å². The number of aryl methyl sites for hydroxylation is 1. The van der Waals surface area contributed by atoms with Crippen molar-refractivity contribution in [2.75, 3.05) is 5.75 Å². The second kappa shape index (κ2) is 9.20. The van der Waals surface area contributed by atoms with Crippen molar-refractivity contribution < 1.29 is 21.6 Å². The Bertz CT molecular complexity index is 1290. The predicted octanol–water partition coefficient (Wildman–Crippen LogP) is 1.69. The molecule has 0 unspecified atom stereocenters. The maximum atomic E-state index is 12.5. The molecule has 0 radical (unpaired) electrons. The highest BCUT2D eigenvalue weighted by Gasteiger charge is 2.22. The van der Waals surface area contributed by atoms with Crippen molar-refractivity contribution in [2.24, 2.45) is 7.05 Å². The van der Waals surface area contributed by atoms with Gasteiger partial charge >= 0.3 is 0 Å². The molecule has 0 saturated carbocycles. The molecule has 31 heavy (non-hydrogen) atoms. The monoisotopic (exact) mass is 480 g/mol. The summed E-state index contributed by atoms with van der Waals surface area (Å²) < 4.78 is 53.1. The Morgan fingerprint density at radius 3 is 2.26 bits per heavy atom. The van der Waals surface area contributed by atoms with Crippen molar-refractivity contribution in [3.05, 3.63) is 66.0 Å². The van der Waals surface area contributed by atoms with Gasteiger partial charge in [0.05, 0.1) is 15.5 Å². The van der Waals surface area contributed by atoms with Crippen molar-refractivity contribution >= 4 is 37.5 Å². The number of aromatic nitrogens is 3. The molecule has 12 heteroatoms. The van der Waals surface area contributed by atoms with Crippen molar-refractivity contribution in [3.63, 3.8) is 0 Å². The highest BCUT2D eigenvalue weighted by atomic mass is 32.2. The molecule has 0 aliphatic rings. The van der Waals surface area contributed by atoms with E-state index in [0.717, 1.165) is 17.3 Å². The average Bonchev–Trinajstić information content (AvgIpc) is 3.06. The molecule has 0 bridgehead atoms. The molecule has 3 rings (SSSR count). The number of sulfonamides is 1. The Balaban J connectivity index is 1.63. The fourth-order valence-corrected chi connectivity index (χ4v) is 5.70. The SMILES string of the molecule is Cc1ccc(S(=O)(=O)NC(=O)CSc2nnc(CS(=O)(=O)c3ccccc3)n2C)cc1. The van der Waals surface area contributed by atoms with Crippen LogP contribution < -0.4 is 4.72 Å². The van der Waals surface area contributed by atoms with Gasteiger partial charge in [-0.15, -0.1) is 10.2 Å². The lowest BCUT2D eigenvalue weighted by Crippen LogP contribution is -2.32. The molecule has 1 aromatic heterocycles. The van der Waals surface area contributed by atoms with Gasteiger partial charge in [0.25, 0.3) is 10.0 Å². The molecule has 0 aliphatic carbocycles. The van der Waals surface area contributed by atoms with Gasteiger partial charge in [0.2, 0.25) is 5.91 Å². The second-order valence-corrected chi connectivity index (χ2v) is 11.3. The van der Waals surface area contributed by atoms with Crippen LogP contribution in [-0.2, 0) is 37.5 Å². The Hall–Kier alpha value is -2.70. The van der Waals surface area contributed by atoms with Gasteiger partial charge in [-0.3, -0.25) is 4.79 Å². The predicted molar refractivity (Wildman–Crippen MR) is 116 cm³/mol. The van der Waals surface area contributed by atoms with Crippen LogP contribution in [0, 0.1) is 6.92 Å². The quantitative estimate of drug-likeness (QED) is 0.483. The number of benzene rings is 2. The first kappa shape index (κ1) is 23.0. The number of sulfone groups is 1. The average molecular weight is 481 g/mol. The lowest BCUT2D eigenvalue weighted by Gasteiger charge is -2.07. The van der Waals surface area contributed by atoms with Gasteiger partial charge < -0.3 is 4.57 Å². The second-order valence-electron chi connectivity index (χ2n) is 6.66. The summed E-state index contributed by atoms with van der Waals surface area (Å²) in [4.78, 5) is 12.3. The molecule has 0 spiro atoms. The molecular weight excluding hydrogens is 460 g/mol. The number of rotatable bonds is 8. The van der Waals surface area contributed by atoms with E-state index in [-0.39, 0.29) is 27.1 Å². The van der Waals surface area contributed by atoms with Crippen molar-refractivity contribution in [1.29, 1.82) is 0 Å². The van der Waals surface area contributed by atoms with Crippen molar-refractivity contribution in [2.45, 2.75) is 27.6 Å². The van der Waals surface area contributed by atoms with Gasteiger partial charge in [0.1, 0.15) is 11.6 Å². The Morgan fingerprint density at radius 2 is 1.61 bits per heavy atom. The zero-order valence-corrected chi connectivity index (χ0v) is 19.2. The van der Waals surface area contributed by atoms with Crippen LogP contribution in [-0.4, -0.2) is 43.3 Å². The van der Waals surface area contributed by atoms with Gasteiger partial charge in [0.15, 0.2) is 15.0 Å². The molecule has 9 nitrogen and oxygen atoms in total. The van der Waals surface area contributed by atoms with E-state index < -0.39 is 25.8 Å². The van der Waals surface area contributed by atoms with Gasteiger partial charge in [-0.05, 0) is 31.2 Å². The number of thioether (sulfide) groups is 1. The molecule has 2 aromatic carbocycles. The molecule has 0 saturated heterocycles. The molecule has 1 heterocycles. The summed E-state index contributed by atoms with van der Waals surface area (Å²) in [5, 5.41) is 8.10. The molecule has 164 valence electrons. The minimum Gasteiger partial charge on any atom is -0.308 e. The van der Waals surface area contributed by atoms with Crippen LogP contribution in [0.2, 0.25) is 0 Å². The van der Waals surface area contributed by atoms with Crippen molar-refractivity contribution in [3.8, 4) is 0 Å². The van der Waals surface area contributed by atoms with Crippen LogP contribution in [0.3, 0.4) is 0 Å². The fraction of sp³-hybridized carbons (Fsp3) is 0.211. The van der Waals surface area contributed by atoms with Crippen LogP contribution in [0.4, 0.5) is 0 Å². The summed E-state index contributed by atoms with van der Waals surface area (Å²) >= 11 is 0.954. The topological polar surface area (TPSA) is 128 Å². The molecular formula is C19H20N4O5S3. The van der Waals surface area contributed by atoms with E-state index >= 15 is 0 Å². The Kier molecular flexibility index (Phi) is 6.82. The lowest BCUT2D eigenvalue weighted by molar-refractivity contribution is -0.116. The fourth-order valence-electron chi connectivity index (χ4n) is 2.56. The van der Waals surface area contributed by atoms with E-state index in [4.69, 9.17) is 0 Å². The maximum Gasteiger partial charge on any atom is 0.264 e. The summed E-state index contributed by atoms with van der Waals surface area (Å²) in [6.45, 7) is 1.83. The summed E-state index contributed by atoms with van der Waals surface area (Å²) in [5.74, 6) is -1.11. The van der Waals surface area contributed by atoms with E-state index in [0.29, 0.717) is 5.16 Å². The first-order valence-corrected chi connectivity index (χ1v) is 13.1. The highest BCUT2D eigenvalue weighted by Crippen LogP contribution is 2.20. The molecule has 3 aromatic rings. The largest absolute Gasteiger partial charge is 0.308 e. The van der Waals surface area contributed by atoms with E-state index in [1.165, 1.54) is 28.8 Å². The number of hydrogen-bond donors (Lipinski definition) is 1. The van der Waals surface area contributed by atoms with Gasteiger partial charge in [0, 0.05) is 7.05 Å². The van der Waals surface area contributed by atoms with Crippen LogP contribution in [0.5, 0.6) is 0 Å². The summed E-state index contributed by atoms with van der Waals surface area (Å²) in [5.41, 5.74) is 0.896. The van der Waals surface area contributed by atoms with Crippen molar-refractivity contribution in [1.82, 2.24) is 19.5 Å². The van der Waals surface area contributed by atoms with E-state index in [2.05, 4.69) is 10.2 Å². The third kappa shape index (κ3) is 5.71. The molecule has 1 N–H and O–H groups in total. The maximum absolute atomic E-state index is 12.5. The van der Waals surface area contributed by atoms with Crippen LogP contribution >= 0.6 is 11.8 Å². The Morgan fingerprint density at radius 1 is 0.968 bits per heavy atom. The molecule has 0 atom stereocenters. The van der Waals surface area contributed by atoms with E-state index in [1.54, 1.807) is 37.4 Å². The van der Waals surface area contributed by atoms with Crippen LogP contribution in [0.15, 0.2) is 69.5 Å². The minimum absolute atomic E-state index is 0.0106. The summed E-state index contributed by atoms with van der Waals surface area (Å²) in [7, 11) is -6.00. The Labute approximate surface area is 184 Å². The summed E-state index contributed by atoms with van der Waals surface area (Å²) in [6, 6.07) is 14.1. The normalized spacial score (nSPS) is 11.9. The third-order valence-corrected chi connectivity index (χ3v) is 8.30. The van der Waals surface area contributed by atoms with Gasteiger partial charge in [-0.1, -0.05) is 47.7 Å². The van der Waals surface area contributed by atoms with Gasteiger partial charge in [-0.2, -0.15) is 0 Å². The minimum atomic E-state index is -3.98. The van der Waals surface area contributed by atoms with Crippen LogP contribution in [0.25, 0.3) is 0 Å². The number of nitrogens with one attached hydrogen (secondary N) is 1. The van der Waals surface area contributed by atoms with Crippen LogP contribution in [0.1, 0.15) is 11.4 Å². The number of carbonyl (C=O) groups excluding carboxylic acids is 1. The number of carbonyl (C=O) groups is 1. The first-order valence-electron chi connectivity index (χ1n) is 9.00. The molecule has 0 aliphatic heterocycles.